The van der Waals surface area contributed by atoms with E-state index < -0.39 is 0 Å². The van der Waals surface area contributed by atoms with E-state index in [1.165, 1.54) is 0 Å². The summed E-state index contributed by atoms with van der Waals surface area (Å²) < 4.78 is 10.7. The first-order valence-corrected chi connectivity index (χ1v) is 4.02. The molecule has 2 heteroatoms. The lowest BCUT2D eigenvalue weighted by atomic mass is 10.0. The van der Waals surface area contributed by atoms with Crippen molar-refractivity contribution in [3.8, 4) is 0 Å². The molecule has 2 atom stereocenters. The van der Waals surface area contributed by atoms with Crippen LogP contribution in [0.3, 0.4) is 0 Å². The Labute approximate surface area is 73.2 Å². The van der Waals surface area contributed by atoms with Gasteiger partial charge in [-0.05, 0) is 0 Å². The summed E-state index contributed by atoms with van der Waals surface area (Å²) in [4.78, 5) is 0. The van der Waals surface area contributed by atoms with E-state index in [2.05, 4.69) is 13.2 Å². The maximum atomic E-state index is 5.37. The molecule has 1 aliphatic carbocycles. The molecule has 0 N–H and O–H groups in total. The highest BCUT2D eigenvalue weighted by atomic mass is 16.5. The van der Waals surface area contributed by atoms with Crippen LogP contribution in [0, 0.1) is 0 Å². The Hall–Kier alpha value is -0.860. The van der Waals surface area contributed by atoms with Crippen LogP contribution in [0.25, 0.3) is 0 Å². The summed E-state index contributed by atoms with van der Waals surface area (Å²) in [6, 6.07) is 0. The van der Waals surface area contributed by atoms with Crippen LogP contribution in [-0.2, 0) is 9.47 Å². The van der Waals surface area contributed by atoms with Crippen molar-refractivity contribution < 1.29 is 9.47 Å². The van der Waals surface area contributed by atoms with Gasteiger partial charge >= 0.3 is 0 Å². The second-order valence-corrected chi connectivity index (χ2v) is 2.56. The summed E-state index contributed by atoms with van der Waals surface area (Å²) in [5.41, 5.74) is 0. The zero-order valence-corrected chi connectivity index (χ0v) is 7.11. The van der Waals surface area contributed by atoms with Crippen molar-refractivity contribution in [3.63, 3.8) is 0 Å². The van der Waals surface area contributed by atoms with Crippen LogP contribution in [0.1, 0.15) is 0 Å². The van der Waals surface area contributed by atoms with Crippen LogP contribution < -0.4 is 0 Å². The molecule has 0 bridgehead atoms. The summed E-state index contributed by atoms with van der Waals surface area (Å²) in [7, 11) is 0. The minimum absolute atomic E-state index is 0.1000. The third-order valence-electron chi connectivity index (χ3n) is 1.63. The average molecular weight is 166 g/mol. The molecule has 0 aromatic heterocycles. The van der Waals surface area contributed by atoms with Crippen LogP contribution in [0.4, 0.5) is 0 Å². The van der Waals surface area contributed by atoms with E-state index >= 15 is 0 Å². The first-order chi connectivity index (χ1) is 5.88. The number of rotatable bonds is 6. The second kappa shape index (κ2) is 4.91. The molecule has 1 aliphatic rings. The fraction of sp³-hybridized carbons (Fsp3) is 0.400. The largest absolute Gasteiger partial charge is 0.367 e. The number of hydrogen-bond donors (Lipinski definition) is 0. The highest BCUT2D eigenvalue weighted by Crippen LogP contribution is 2.17. The first kappa shape index (κ1) is 9.23. The van der Waals surface area contributed by atoms with Gasteiger partial charge in [-0.15, -0.1) is 13.2 Å². The third-order valence-corrected chi connectivity index (χ3v) is 1.63. The molecular weight excluding hydrogens is 152 g/mol. The summed E-state index contributed by atoms with van der Waals surface area (Å²) in [6.07, 6.45) is 7.63. The number of hydrogen-bond acceptors (Lipinski definition) is 2. The highest BCUT2D eigenvalue weighted by Gasteiger charge is 2.24. The predicted octanol–water partition coefficient (Wildman–Crippen LogP) is 1.70. The molecule has 0 heterocycles. The zero-order valence-electron chi connectivity index (χ0n) is 7.11. The molecule has 0 amide bonds. The van der Waals surface area contributed by atoms with Gasteiger partial charge in [-0.25, -0.2) is 0 Å². The van der Waals surface area contributed by atoms with E-state index in [-0.39, 0.29) is 12.2 Å². The van der Waals surface area contributed by atoms with Gasteiger partial charge in [0.05, 0.1) is 13.2 Å². The molecule has 0 spiro atoms. The molecular formula is C10H14O2. The molecule has 0 unspecified atom stereocenters. The molecule has 2 nitrogen and oxygen atoms in total. The van der Waals surface area contributed by atoms with E-state index in [4.69, 9.17) is 9.47 Å². The van der Waals surface area contributed by atoms with Crippen molar-refractivity contribution >= 4 is 0 Å². The molecule has 0 radical (unpaired) electrons. The minimum atomic E-state index is 0.1000. The minimum Gasteiger partial charge on any atom is -0.367 e. The van der Waals surface area contributed by atoms with Crippen LogP contribution in [0.15, 0.2) is 37.5 Å². The Morgan fingerprint density at radius 2 is 1.42 bits per heavy atom. The average Bonchev–Trinajstić information content (AvgIpc) is 2.04. The summed E-state index contributed by atoms with van der Waals surface area (Å²) in [5.74, 6) is 0. The van der Waals surface area contributed by atoms with Crippen LogP contribution in [0.2, 0.25) is 0 Å². The Bertz CT molecular complexity index is 164. The Morgan fingerprint density at radius 3 is 1.67 bits per heavy atom. The smallest absolute Gasteiger partial charge is 0.106 e. The maximum absolute atomic E-state index is 5.37. The molecule has 0 fully saturated rings. The molecule has 1 rings (SSSR count). The van der Waals surface area contributed by atoms with Gasteiger partial charge in [0.25, 0.3) is 0 Å². The lowest BCUT2D eigenvalue weighted by Gasteiger charge is -2.28. The Morgan fingerprint density at radius 1 is 1.00 bits per heavy atom. The summed E-state index contributed by atoms with van der Waals surface area (Å²) in [6.45, 7) is 8.29. The molecule has 66 valence electrons. The van der Waals surface area contributed by atoms with E-state index in [1.807, 2.05) is 12.2 Å². The van der Waals surface area contributed by atoms with Gasteiger partial charge < -0.3 is 9.47 Å². The quantitative estimate of drug-likeness (QED) is 0.559. The fourth-order valence-corrected chi connectivity index (χ4v) is 0.952. The normalized spacial score (nSPS) is 26.3. The van der Waals surface area contributed by atoms with Gasteiger partial charge in [0.15, 0.2) is 0 Å². The van der Waals surface area contributed by atoms with Gasteiger partial charge in [0.1, 0.15) is 12.2 Å². The predicted molar refractivity (Wildman–Crippen MR) is 49.0 cm³/mol. The first-order valence-electron chi connectivity index (χ1n) is 4.02. The molecule has 0 saturated heterocycles. The lowest BCUT2D eigenvalue weighted by molar-refractivity contribution is -0.0273. The van der Waals surface area contributed by atoms with Gasteiger partial charge in [-0.2, -0.15) is 0 Å². The van der Waals surface area contributed by atoms with E-state index in [1.54, 1.807) is 12.2 Å². The monoisotopic (exact) mass is 166 g/mol. The highest BCUT2D eigenvalue weighted by molar-refractivity contribution is 5.13. The van der Waals surface area contributed by atoms with Crippen LogP contribution in [-0.4, -0.2) is 25.4 Å². The molecule has 12 heavy (non-hydrogen) atoms. The van der Waals surface area contributed by atoms with Crippen molar-refractivity contribution in [3.05, 3.63) is 37.5 Å². The fourth-order valence-electron chi connectivity index (χ4n) is 0.952. The summed E-state index contributed by atoms with van der Waals surface area (Å²) in [5, 5.41) is 0. The van der Waals surface area contributed by atoms with E-state index in [0.717, 1.165) is 0 Å². The van der Waals surface area contributed by atoms with Crippen molar-refractivity contribution in [1.82, 2.24) is 0 Å². The van der Waals surface area contributed by atoms with Gasteiger partial charge in [-0.1, -0.05) is 24.3 Å². The maximum Gasteiger partial charge on any atom is 0.106 e. The number of ether oxygens (including phenoxy) is 2. The van der Waals surface area contributed by atoms with Crippen molar-refractivity contribution in [2.45, 2.75) is 12.2 Å². The lowest BCUT2D eigenvalue weighted by Crippen LogP contribution is -2.35. The van der Waals surface area contributed by atoms with E-state index in [9.17, 15) is 0 Å². The Kier molecular flexibility index (Phi) is 3.77. The standard InChI is InChI=1S/C10H14O2/c1-3-7-11-9-5-6-10(9)12-8-4-2/h3-6,9-10H,1-2,7-8H2/t9-,10+. The van der Waals surface area contributed by atoms with Gasteiger partial charge in [0.2, 0.25) is 0 Å². The topological polar surface area (TPSA) is 18.5 Å². The molecule has 0 aliphatic heterocycles. The zero-order chi connectivity index (χ0) is 8.81. The van der Waals surface area contributed by atoms with Gasteiger partial charge in [0, 0.05) is 0 Å². The molecule has 0 aromatic rings. The van der Waals surface area contributed by atoms with Gasteiger partial charge in [-0.3, -0.25) is 0 Å². The third kappa shape index (κ3) is 2.32. The second-order valence-electron chi connectivity index (χ2n) is 2.56. The SMILES string of the molecule is C=CCO[C@H]1C=C[C@H]1OCC=C. The Balaban J connectivity index is 2.16. The molecule has 0 saturated carbocycles. The van der Waals surface area contributed by atoms with Crippen LogP contribution >= 0.6 is 0 Å². The molecule has 0 aromatic carbocycles. The van der Waals surface area contributed by atoms with Crippen molar-refractivity contribution in [2.75, 3.05) is 13.2 Å². The van der Waals surface area contributed by atoms with E-state index in [0.29, 0.717) is 13.2 Å². The van der Waals surface area contributed by atoms with Crippen molar-refractivity contribution in [1.29, 1.82) is 0 Å². The van der Waals surface area contributed by atoms with Crippen molar-refractivity contribution in [2.24, 2.45) is 0 Å². The van der Waals surface area contributed by atoms with Crippen LogP contribution in [0.5, 0.6) is 0 Å². The summed E-state index contributed by atoms with van der Waals surface area (Å²) >= 11 is 0.